The first-order valence-corrected chi connectivity index (χ1v) is 3.64. The third-order valence-corrected chi connectivity index (χ3v) is 1.70. The number of nitrogens with one attached hydrogen (secondary N) is 1. The van der Waals surface area contributed by atoms with E-state index in [2.05, 4.69) is 9.97 Å². The third kappa shape index (κ3) is 2.29. The maximum absolute atomic E-state index is 8.78. The van der Waals surface area contributed by atoms with E-state index in [1.54, 1.807) is 12.1 Å². The number of aromatic nitrogens is 2. The van der Waals surface area contributed by atoms with Gasteiger partial charge in [0, 0.05) is 5.69 Å². The highest BCUT2D eigenvalue weighted by Crippen LogP contribution is 2.14. The Kier molecular flexibility index (Phi) is 4.70. The molecule has 78 valence electrons. The third-order valence-electron chi connectivity index (χ3n) is 1.70. The van der Waals surface area contributed by atoms with Crippen molar-refractivity contribution < 1.29 is 5.11 Å². The second kappa shape index (κ2) is 5.05. The number of anilines is 1. The van der Waals surface area contributed by atoms with Crippen LogP contribution >= 0.6 is 24.8 Å². The minimum atomic E-state index is -0.0748. The van der Waals surface area contributed by atoms with Gasteiger partial charge < -0.3 is 15.8 Å². The fraction of sp³-hybridized carbons (Fsp3) is 0.125. The average molecular weight is 236 g/mol. The van der Waals surface area contributed by atoms with E-state index in [0.29, 0.717) is 11.5 Å². The lowest BCUT2D eigenvalue weighted by molar-refractivity contribution is 0.273. The molecule has 0 aliphatic heterocycles. The molecular weight excluding hydrogens is 225 g/mol. The van der Waals surface area contributed by atoms with Crippen LogP contribution in [0.2, 0.25) is 0 Å². The first-order valence-electron chi connectivity index (χ1n) is 3.64. The van der Waals surface area contributed by atoms with Gasteiger partial charge in [0.05, 0.1) is 11.0 Å². The van der Waals surface area contributed by atoms with Crippen molar-refractivity contribution in [2.75, 3.05) is 5.73 Å². The molecule has 0 spiro atoms. The van der Waals surface area contributed by atoms with Gasteiger partial charge in [-0.1, -0.05) is 0 Å². The van der Waals surface area contributed by atoms with Crippen LogP contribution in [0.25, 0.3) is 11.0 Å². The molecule has 6 heteroatoms. The lowest BCUT2D eigenvalue weighted by Crippen LogP contribution is -1.83. The molecule has 0 amide bonds. The smallest absolute Gasteiger partial charge is 0.133 e. The number of imidazole rings is 1. The molecule has 0 fully saturated rings. The van der Waals surface area contributed by atoms with Crippen LogP contribution < -0.4 is 5.73 Å². The number of aromatic amines is 1. The van der Waals surface area contributed by atoms with Gasteiger partial charge in [-0.05, 0) is 18.2 Å². The van der Waals surface area contributed by atoms with Crippen LogP contribution in [-0.4, -0.2) is 15.1 Å². The summed E-state index contributed by atoms with van der Waals surface area (Å²) in [5, 5.41) is 8.78. The van der Waals surface area contributed by atoms with Gasteiger partial charge in [0.25, 0.3) is 0 Å². The molecule has 0 bridgehead atoms. The van der Waals surface area contributed by atoms with E-state index in [-0.39, 0.29) is 31.4 Å². The van der Waals surface area contributed by atoms with Crippen molar-refractivity contribution >= 4 is 41.5 Å². The topological polar surface area (TPSA) is 74.9 Å². The molecule has 1 aromatic heterocycles. The molecule has 4 N–H and O–H groups in total. The van der Waals surface area contributed by atoms with E-state index in [4.69, 9.17) is 10.8 Å². The van der Waals surface area contributed by atoms with Crippen molar-refractivity contribution in [3.05, 3.63) is 24.0 Å². The van der Waals surface area contributed by atoms with E-state index < -0.39 is 0 Å². The van der Waals surface area contributed by atoms with E-state index in [1.165, 1.54) is 0 Å². The number of nitrogens with two attached hydrogens (primary N) is 1. The second-order valence-electron chi connectivity index (χ2n) is 2.62. The van der Waals surface area contributed by atoms with Crippen molar-refractivity contribution in [3.63, 3.8) is 0 Å². The minimum Gasteiger partial charge on any atom is -0.399 e. The van der Waals surface area contributed by atoms with Gasteiger partial charge >= 0.3 is 0 Å². The van der Waals surface area contributed by atoms with Gasteiger partial charge in [-0.2, -0.15) is 0 Å². The Morgan fingerprint density at radius 2 is 2.07 bits per heavy atom. The summed E-state index contributed by atoms with van der Waals surface area (Å²) in [6.45, 7) is -0.0748. The Morgan fingerprint density at radius 1 is 1.36 bits per heavy atom. The first-order chi connectivity index (χ1) is 5.79. The fourth-order valence-corrected chi connectivity index (χ4v) is 1.15. The molecule has 0 saturated heterocycles. The lowest BCUT2D eigenvalue weighted by atomic mass is 10.3. The van der Waals surface area contributed by atoms with Crippen LogP contribution in [0.15, 0.2) is 18.2 Å². The van der Waals surface area contributed by atoms with Crippen molar-refractivity contribution in [1.29, 1.82) is 0 Å². The predicted molar refractivity (Wildman–Crippen MR) is 60.9 cm³/mol. The van der Waals surface area contributed by atoms with Crippen LogP contribution in [0.3, 0.4) is 0 Å². The van der Waals surface area contributed by atoms with Gasteiger partial charge in [0.2, 0.25) is 0 Å². The normalized spacial score (nSPS) is 9.21. The molecule has 1 aromatic carbocycles. The van der Waals surface area contributed by atoms with E-state index in [1.807, 2.05) is 6.07 Å². The molecule has 4 nitrogen and oxygen atoms in total. The molecule has 1 heterocycles. The van der Waals surface area contributed by atoms with E-state index >= 15 is 0 Å². The Hall–Kier alpha value is -0.970. The number of H-pyrrole nitrogens is 1. The zero-order valence-electron chi connectivity index (χ0n) is 7.23. The molecule has 2 rings (SSSR count). The first kappa shape index (κ1) is 13.0. The molecule has 0 unspecified atom stereocenters. The zero-order valence-corrected chi connectivity index (χ0v) is 8.86. The molecule has 0 saturated carbocycles. The summed E-state index contributed by atoms with van der Waals surface area (Å²) in [4.78, 5) is 7.06. The standard InChI is InChI=1S/C8H9N3O.2ClH/c9-5-1-2-6-7(3-5)11-8(4-12)10-6;;/h1-3,12H,4,9H2,(H,10,11);2*1H. The number of aliphatic hydroxyl groups excluding tert-OH is 1. The van der Waals surface area contributed by atoms with Crippen LogP contribution in [0.5, 0.6) is 0 Å². The maximum atomic E-state index is 8.78. The molecule has 0 aliphatic rings. The number of hydrogen-bond acceptors (Lipinski definition) is 3. The molecule has 0 atom stereocenters. The highest BCUT2D eigenvalue weighted by molar-refractivity contribution is 5.85. The average Bonchev–Trinajstić information content (AvgIpc) is 2.46. The molecule has 0 aliphatic carbocycles. The van der Waals surface area contributed by atoms with Gasteiger partial charge in [-0.25, -0.2) is 4.98 Å². The van der Waals surface area contributed by atoms with E-state index in [0.717, 1.165) is 11.0 Å². The van der Waals surface area contributed by atoms with Crippen LogP contribution in [0.1, 0.15) is 5.82 Å². The van der Waals surface area contributed by atoms with Crippen LogP contribution in [0.4, 0.5) is 5.69 Å². The summed E-state index contributed by atoms with van der Waals surface area (Å²) in [6, 6.07) is 5.39. The largest absolute Gasteiger partial charge is 0.399 e. The van der Waals surface area contributed by atoms with Crippen molar-refractivity contribution in [3.8, 4) is 0 Å². The summed E-state index contributed by atoms with van der Waals surface area (Å²) in [6.07, 6.45) is 0. The Bertz CT molecular complexity index is 416. The molecular formula is C8H11Cl2N3O. The number of fused-ring (bicyclic) bond motifs is 1. The predicted octanol–water partition coefficient (Wildman–Crippen LogP) is 1.48. The number of halogens is 2. The van der Waals surface area contributed by atoms with Gasteiger partial charge in [0.1, 0.15) is 12.4 Å². The summed E-state index contributed by atoms with van der Waals surface area (Å²) in [7, 11) is 0. The highest BCUT2D eigenvalue weighted by Gasteiger charge is 2.00. The fourth-order valence-electron chi connectivity index (χ4n) is 1.15. The SMILES string of the molecule is Cl.Cl.Nc1ccc2nc(CO)[nH]c2c1. The van der Waals surface area contributed by atoms with Crippen LogP contribution in [0, 0.1) is 0 Å². The summed E-state index contributed by atoms with van der Waals surface area (Å²) in [5.41, 5.74) is 7.94. The summed E-state index contributed by atoms with van der Waals surface area (Å²) in [5.74, 6) is 0.565. The Labute approximate surface area is 93.3 Å². The highest BCUT2D eigenvalue weighted by atomic mass is 35.5. The van der Waals surface area contributed by atoms with Gasteiger partial charge in [-0.15, -0.1) is 24.8 Å². The van der Waals surface area contributed by atoms with Gasteiger partial charge in [0.15, 0.2) is 0 Å². The van der Waals surface area contributed by atoms with Crippen molar-refractivity contribution in [1.82, 2.24) is 9.97 Å². The number of benzene rings is 1. The van der Waals surface area contributed by atoms with Gasteiger partial charge in [-0.3, -0.25) is 0 Å². The second-order valence-corrected chi connectivity index (χ2v) is 2.62. The van der Waals surface area contributed by atoms with Crippen molar-refractivity contribution in [2.45, 2.75) is 6.61 Å². The number of hydrogen-bond donors (Lipinski definition) is 3. The number of rotatable bonds is 1. The molecule has 0 radical (unpaired) electrons. The number of aliphatic hydroxyl groups is 1. The summed E-state index contributed by atoms with van der Waals surface area (Å²) < 4.78 is 0. The van der Waals surface area contributed by atoms with E-state index in [9.17, 15) is 0 Å². The lowest BCUT2D eigenvalue weighted by Gasteiger charge is -1.89. The zero-order chi connectivity index (χ0) is 8.55. The monoisotopic (exact) mass is 235 g/mol. The number of nitrogen functional groups attached to an aromatic ring is 1. The van der Waals surface area contributed by atoms with Crippen molar-refractivity contribution in [2.24, 2.45) is 0 Å². The molecule has 2 aromatic rings. The minimum absolute atomic E-state index is 0. The Morgan fingerprint density at radius 3 is 2.71 bits per heavy atom. The Balaban J connectivity index is 0.000000845. The number of nitrogens with zero attached hydrogens (tertiary/aromatic N) is 1. The quantitative estimate of drug-likeness (QED) is 0.656. The molecule has 14 heavy (non-hydrogen) atoms. The maximum Gasteiger partial charge on any atom is 0.133 e. The summed E-state index contributed by atoms with van der Waals surface area (Å²) >= 11 is 0. The van der Waals surface area contributed by atoms with Crippen LogP contribution in [-0.2, 0) is 6.61 Å².